The molecule has 2 saturated heterocycles. The largest absolute Gasteiger partial charge is 0.332 e. The van der Waals surface area contributed by atoms with Crippen LogP contribution in [0.4, 0.5) is 21.0 Å². The number of halogens is 1. The van der Waals surface area contributed by atoms with Crippen LogP contribution in [0, 0.1) is 0 Å². The number of carbonyl (C=O) groups excluding carboxylic acids is 3. The minimum atomic E-state index is -0.287. The van der Waals surface area contributed by atoms with Crippen molar-refractivity contribution in [1.29, 1.82) is 0 Å². The van der Waals surface area contributed by atoms with Crippen LogP contribution in [0.1, 0.15) is 12.8 Å². The predicted molar refractivity (Wildman–Crippen MR) is 111 cm³/mol. The molecule has 4 rings (SSSR count). The Morgan fingerprint density at radius 3 is 2.28 bits per heavy atom. The van der Waals surface area contributed by atoms with Gasteiger partial charge in [-0.25, -0.2) is 14.5 Å². The van der Waals surface area contributed by atoms with Crippen LogP contribution in [0.3, 0.4) is 0 Å². The van der Waals surface area contributed by atoms with Crippen molar-refractivity contribution in [3.63, 3.8) is 0 Å². The number of nitrogens with one attached hydrogen (secondary N) is 1. The molecule has 0 saturated carbocycles. The molecule has 0 aliphatic carbocycles. The molecule has 0 unspecified atom stereocenters. The van der Waals surface area contributed by atoms with Gasteiger partial charge in [0.05, 0.1) is 5.69 Å². The lowest BCUT2D eigenvalue weighted by molar-refractivity contribution is -0.116. The van der Waals surface area contributed by atoms with Gasteiger partial charge in [0, 0.05) is 29.8 Å². The maximum Gasteiger partial charge on any atom is 0.332 e. The second kappa shape index (κ2) is 8.13. The van der Waals surface area contributed by atoms with Crippen LogP contribution in [0.5, 0.6) is 0 Å². The minimum Gasteiger partial charge on any atom is -0.324 e. The molecule has 2 heterocycles. The molecule has 8 heteroatoms. The third kappa shape index (κ3) is 4.05. The molecule has 1 N–H and O–H groups in total. The first-order chi connectivity index (χ1) is 14.0. The number of amides is 5. The summed E-state index contributed by atoms with van der Waals surface area (Å²) >= 11 is 5.86. The molecule has 7 nitrogen and oxygen atoms in total. The lowest BCUT2D eigenvalue weighted by Gasteiger charge is -2.36. The van der Waals surface area contributed by atoms with Gasteiger partial charge in [0.2, 0.25) is 0 Å². The third-order valence-corrected chi connectivity index (χ3v) is 5.55. The Morgan fingerprint density at radius 2 is 1.62 bits per heavy atom. The Labute approximate surface area is 173 Å². The molecule has 0 aromatic heterocycles. The summed E-state index contributed by atoms with van der Waals surface area (Å²) in [6.07, 6.45) is 1.27. The number of likely N-dealkylation sites (tertiary alicyclic amines) is 1. The quantitative estimate of drug-likeness (QED) is 0.779. The zero-order chi connectivity index (χ0) is 20.4. The summed E-state index contributed by atoms with van der Waals surface area (Å²) < 4.78 is 0. The lowest BCUT2D eigenvalue weighted by atomic mass is 10.0. The smallest absolute Gasteiger partial charge is 0.324 e. The maximum absolute atomic E-state index is 12.8. The highest BCUT2D eigenvalue weighted by molar-refractivity contribution is 6.30. The molecule has 2 fully saturated rings. The number of para-hydroxylation sites is 1. The molecule has 2 aliphatic heterocycles. The highest BCUT2D eigenvalue weighted by Crippen LogP contribution is 2.26. The number of carbonyl (C=O) groups is 3. The van der Waals surface area contributed by atoms with Crippen molar-refractivity contribution in [2.45, 2.75) is 18.9 Å². The molecule has 150 valence electrons. The number of nitrogens with zero attached hydrogens (tertiary/aromatic N) is 3. The fraction of sp³-hybridized carbons (Fsp3) is 0.286. The highest BCUT2D eigenvalue weighted by atomic mass is 35.5. The van der Waals surface area contributed by atoms with Crippen molar-refractivity contribution in [2.24, 2.45) is 0 Å². The van der Waals surface area contributed by atoms with Crippen molar-refractivity contribution in [3.8, 4) is 0 Å². The molecule has 5 amide bonds. The summed E-state index contributed by atoms with van der Waals surface area (Å²) in [7, 11) is 0. The van der Waals surface area contributed by atoms with E-state index >= 15 is 0 Å². The van der Waals surface area contributed by atoms with Crippen LogP contribution in [0.15, 0.2) is 54.6 Å². The molecule has 29 heavy (non-hydrogen) atoms. The van der Waals surface area contributed by atoms with Crippen molar-refractivity contribution in [2.75, 3.05) is 29.9 Å². The number of hydrogen-bond donors (Lipinski definition) is 1. The molecule has 0 radical (unpaired) electrons. The highest BCUT2D eigenvalue weighted by Gasteiger charge is 2.41. The van der Waals surface area contributed by atoms with Crippen LogP contribution in [0.25, 0.3) is 0 Å². The van der Waals surface area contributed by atoms with Crippen LogP contribution in [-0.4, -0.2) is 53.4 Å². The Bertz CT molecular complexity index is 911. The van der Waals surface area contributed by atoms with Crippen molar-refractivity contribution >= 4 is 40.9 Å². The van der Waals surface area contributed by atoms with Gasteiger partial charge in [-0.15, -0.1) is 0 Å². The van der Waals surface area contributed by atoms with Crippen molar-refractivity contribution in [3.05, 3.63) is 59.6 Å². The normalized spacial score (nSPS) is 17.8. The molecule has 0 spiro atoms. The summed E-state index contributed by atoms with van der Waals surface area (Å²) in [5.41, 5.74) is 1.27. The fourth-order valence-corrected chi connectivity index (χ4v) is 3.88. The average Bonchev–Trinajstić information content (AvgIpc) is 3.04. The number of rotatable bonds is 3. The van der Waals surface area contributed by atoms with Gasteiger partial charge < -0.3 is 15.1 Å². The second-order valence-corrected chi connectivity index (χ2v) is 7.57. The maximum atomic E-state index is 12.8. The lowest BCUT2D eigenvalue weighted by Crippen LogP contribution is -2.49. The fourth-order valence-electron chi connectivity index (χ4n) is 3.75. The average molecular weight is 413 g/mol. The van der Waals surface area contributed by atoms with Gasteiger partial charge in [-0.2, -0.15) is 0 Å². The number of benzene rings is 2. The Balaban J connectivity index is 1.35. The number of piperidine rings is 1. The first kappa shape index (κ1) is 19.3. The van der Waals surface area contributed by atoms with Gasteiger partial charge in [-0.3, -0.25) is 4.79 Å². The zero-order valence-electron chi connectivity index (χ0n) is 15.8. The van der Waals surface area contributed by atoms with Crippen LogP contribution >= 0.6 is 11.6 Å². The summed E-state index contributed by atoms with van der Waals surface area (Å²) in [6, 6.07) is 15.4. The van der Waals surface area contributed by atoms with Gasteiger partial charge in [0.15, 0.2) is 0 Å². The van der Waals surface area contributed by atoms with Crippen LogP contribution in [-0.2, 0) is 4.79 Å². The molecule has 0 bridgehead atoms. The van der Waals surface area contributed by atoms with E-state index in [9.17, 15) is 14.4 Å². The Kier molecular flexibility index (Phi) is 5.40. The van der Waals surface area contributed by atoms with Gasteiger partial charge in [0.1, 0.15) is 6.54 Å². The van der Waals surface area contributed by atoms with E-state index in [1.54, 1.807) is 58.3 Å². The van der Waals surface area contributed by atoms with E-state index in [0.717, 1.165) is 0 Å². The molecular weight excluding hydrogens is 392 g/mol. The number of anilines is 2. The zero-order valence-corrected chi connectivity index (χ0v) is 16.5. The van der Waals surface area contributed by atoms with Gasteiger partial charge in [-0.1, -0.05) is 29.8 Å². The van der Waals surface area contributed by atoms with Crippen LogP contribution in [0.2, 0.25) is 5.02 Å². The van der Waals surface area contributed by atoms with E-state index < -0.39 is 0 Å². The summed E-state index contributed by atoms with van der Waals surface area (Å²) in [5.74, 6) is -0.218. The third-order valence-electron chi connectivity index (χ3n) is 5.29. The van der Waals surface area contributed by atoms with Gasteiger partial charge >= 0.3 is 12.1 Å². The van der Waals surface area contributed by atoms with Crippen molar-refractivity contribution in [1.82, 2.24) is 9.80 Å². The molecule has 2 aliphatic rings. The van der Waals surface area contributed by atoms with E-state index in [0.29, 0.717) is 42.3 Å². The second-order valence-electron chi connectivity index (χ2n) is 7.13. The molecular formula is C21H21ClN4O3. The van der Waals surface area contributed by atoms with Crippen LogP contribution < -0.4 is 10.2 Å². The topological polar surface area (TPSA) is 73.0 Å². The molecule has 2 aromatic rings. The van der Waals surface area contributed by atoms with E-state index in [2.05, 4.69) is 5.32 Å². The summed E-state index contributed by atoms with van der Waals surface area (Å²) in [6.45, 7) is 1.12. The number of urea groups is 2. The standard InChI is InChI=1S/C21H21ClN4O3/c22-15-6-8-16(9-7-15)23-20(28)24-12-10-17(11-13-24)25-14-19(27)26(21(25)29)18-4-2-1-3-5-18/h1-9,17H,10-14H2,(H,23,28). The SMILES string of the molecule is O=C(Nc1ccc(Cl)cc1)N1CCC(N2CC(=O)N(c3ccccc3)C2=O)CC1. The van der Waals surface area contributed by atoms with E-state index in [-0.39, 0.29) is 30.6 Å². The molecule has 0 atom stereocenters. The Hall–Kier alpha value is -3.06. The molecule has 2 aromatic carbocycles. The van der Waals surface area contributed by atoms with Gasteiger partial charge in [0.25, 0.3) is 5.91 Å². The van der Waals surface area contributed by atoms with Gasteiger partial charge in [-0.05, 0) is 49.2 Å². The Morgan fingerprint density at radius 1 is 0.966 bits per heavy atom. The summed E-state index contributed by atoms with van der Waals surface area (Å²) in [4.78, 5) is 42.3. The minimum absolute atomic E-state index is 0.0558. The van der Waals surface area contributed by atoms with Crippen molar-refractivity contribution < 1.29 is 14.4 Å². The van der Waals surface area contributed by atoms with E-state index in [1.165, 1.54) is 4.90 Å². The monoisotopic (exact) mass is 412 g/mol. The first-order valence-electron chi connectivity index (χ1n) is 9.53. The van der Waals surface area contributed by atoms with E-state index in [1.807, 2.05) is 6.07 Å². The predicted octanol–water partition coefficient (Wildman–Crippen LogP) is 3.81. The number of imide groups is 1. The summed E-state index contributed by atoms with van der Waals surface area (Å²) in [5, 5.41) is 3.46. The first-order valence-corrected chi connectivity index (χ1v) is 9.91. The van der Waals surface area contributed by atoms with E-state index in [4.69, 9.17) is 11.6 Å². The number of hydrogen-bond acceptors (Lipinski definition) is 3.